The van der Waals surface area contributed by atoms with E-state index < -0.39 is 10.0 Å². The molecule has 0 aliphatic heterocycles. The van der Waals surface area contributed by atoms with E-state index in [2.05, 4.69) is 17.4 Å². The number of hydrogen-bond donors (Lipinski definition) is 3. The molecule has 3 rings (SSSR count). The van der Waals surface area contributed by atoms with Crippen LogP contribution in [-0.2, 0) is 16.4 Å². The smallest absolute Gasteiger partial charge is 0.240 e. The second kappa shape index (κ2) is 5.05. The molecule has 1 unspecified atom stereocenters. The van der Waals surface area contributed by atoms with E-state index in [1.54, 1.807) is 12.1 Å². The second-order valence-corrected chi connectivity index (χ2v) is 6.77. The van der Waals surface area contributed by atoms with Gasteiger partial charge in [0.05, 0.1) is 11.4 Å². The monoisotopic (exact) mass is 303 g/mol. The molecule has 0 aromatic heterocycles. The number of anilines is 2. The van der Waals surface area contributed by atoms with Crippen molar-refractivity contribution in [1.29, 1.82) is 0 Å². The normalized spacial score (nSPS) is 16.9. The van der Waals surface area contributed by atoms with Crippen LogP contribution < -0.4 is 16.2 Å². The van der Waals surface area contributed by atoms with Crippen molar-refractivity contribution in [3.05, 3.63) is 53.6 Å². The average Bonchev–Trinajstić information content (AvgIpc) is 2.40. The molecule has 0 saturated heterocycles. The quantitative estimate of drug-likeness (QED) is 0.748. The summed E-state index contributed by atoms with van der Waals surface area (Å²) in [5.74, 6) is 0.429. The summed E-state index contributed by atoms with van der Waals surface area (Å²) in [7, 11) is -3.80. The maximum Gasteiger partial charge on any atom is 0.240 e. The van der Waals surface area contributed by atoms with Crippen LogP contribution in [0.1, 0.15) is 17.0 Å². The maximum atomic E-state index is 11.4. The van der Waals surface area contributed by atoms with E-state index in [4.69, 9.17) is 10.9 Å². The van der Waals surface area contributed by atoms with Crippen LogP contribution in [0, 0.1) is 0 Å². The van der Waals surface area contributed by atoms with Crippen molar-refractivity contribution in [2.24, 2.45) is 5.14 Å². The number of fused-ring (bicyclic) bond motifs is 1. The summed E-state index contributed by atoms with van der Waals surface area (Å²) in [6.07, 6.45) is 1.03. The lowest BCUT2D eigenvalue weighted by Gasteiger charge is -2.30. The fourth-order valence-electron chi connectivity index (χ4n) is 2.72. The first-order valence-corrected chi connectivity index (χ1v) is 8.24. The lowest BCUT2D eigenvalue weighted by molar-refractivity contribution is 0.598. The number of nitrogens with two attached hydrogens (primary N) is 2. The van der Waals surface area contributed by atoms with E-state index in [9.17, 15) is 8.42 Å². The van der Waals surface area contributed by atoms with Gasteiger partial charge in [-0.05, 0) is 29.7 Å². The fraction of sp³-hybridized carbons (Fsp3) is 0.200. The Bertz CT molecular complexity index is 787. The molecule has 0 fully saturated rings. The molecule has 0 spiro atoms. The zero-order valence-electron chi connectivity index (χ0n) is 11.4. The van der Waals surface area contributed by atoms with Crippen LogP contribution in [0.5, 0.6) is 0 Å². The Morgan fingerprint density at radius 1 is 1.14 bits per heavy atom. The van der Waals surface area contributed by atoms with E-state index >= 15 is 0 Å². The van der Waals surface area contributed by atoms with Crippen molar-refractivity contribution in [1.82, 2.24) is 0 Å². The van der Waals surface area contributed by atoms with Gasteiger partial charge >= 0.3 is 0 Å². The Morgan fingerprint density at radius 2 is 1.90 bits per heavy atom. The zero-order chi connectivity index (χ0) is 15.0. The van der Waals surface area contributed by atoms with Crippen LogP contribution >= 0.6 is 0 Å². The fourth-order valence-corrected chi connectivity index (χ4v) is 3.41. The highest BCUT2D eigenvalue weighted by molar-refractivity contribution is 7.89. The SMILES string of the molecule is Nc1c(NCC2Cc3ccccc32)cccc1S(N)(=O)=O. The summed E-state index contributed by atoms with van der Waals surface area (Å²) in [4.78, 5) is -0.0403. The van der Waals surface area contributed by atoms with Gasteiger partial charge in [0.2, 0.25) is 10.0 Å². The first-order valence-electron chi connectivity index (χ1n) is 6.70. The highest BCUT2D eigenvalue weighted by Crippen LogP contribution is 2.35. The highest BCUT2D eigenvalue weighted by atomic mass is 32.2. The summed E-state index contributed by atoms with van der Waals surface area (Å²) in [6.45, 7) is 0.718. The molecule has 0 heterocycles. The van der Waals surface area contributed by atoms with Gasteiger partial charge in [-0.3, -0.25) is 0 Å². The number of para-hydroxylation sites is 1. The van der Waals surface area contributed by atoms with E-state index in [1.165, 1.54) is 17.2 Å². The Hall–Kier alpha value is -2.05. The third-order valence-electron chi connectivity index (χ3n) is 3.87. The van der Waals surface area contributed by atoms with Gasteiger partial charge in [0.25, 0.3) is 0 Å². The summed E-state index contributed by atoms with van der Waals surface area (Å²) in [6, 6.07) is 13.1. The van der Waals surface area contributed by atoms with Gasteiger partial charge in [0.15, 0.2) is 0 Å². The third kappa shape index (κ3) is 2.59. The van der Waals surface area contributed by atoms with Crippen LogP contribution in [-0.4, -0.2) is 15.0 Å². The molecule has 0 bridgehead atoms. The predicted molar refractivity (Wildman–Crippen MR) is 83.6 cm³/mol. The van der Waals surface area contributed by atoms with Crippen LogP contribution in [0.15, 0.2) is 47.4 Å². The number of rotatable bonds is 4. The molecule has 1 aliphatic carbocycles. The molecular weight excluding hydrogens is 286 g/mol. The number of nitrogens with one attached hydrogen (secondary N) is 1. The van der Waals surface area contributed by atoms with E-state index in [0.717, 1.165) is 13.0 Å². The van der Waals surface area contributed by atoms with Crippen molar-refractivity contribution < 1.29 is 8.42 Å². The van der Waals surface area contributed by atoms with Crippen LogP contribution in [0.3, 0.4) is 0 Å². The van der Waals surface area contributed by atoms with Gasteiger partial charge < -0.3 is 11.1 Å². The second-order valence-electron chi connectivity index (χ2n) is 5.24. The van der Waals surface area contributed by atoms with E-state index in [1.807, 2.05) is 12.1 Å². The molecule has 21 heavy (non-hydrogen) atoms. The molecule has 6 heteroatoms. The minimum absolute atomic E-state index is 0.0403. The number of nitrogen functional groups attached to an aromatic ring is 1. The highest BCUT2D eigenvalue weighted by Gasteiger charge is 2.25. The Labute approximate surface area is 124 Å². The van der Waals surface area contributed by atoms with Crippen LogP contribution in [0.4, 0.5) is 11.4 Å². The standard InChI is InChI=1S/C15H17N3O2S/c16-15-13(6-3-7-14(15)21(17,19)20)18-9-11-8-10-4-1-2-5-12(10)11/h1-7,11,18H,8-9,16H2,(H2,17,19,20). The van der Waals surface area contributed by atoms with E-state index in [0.29, 0.717) is 11.6 Å². The van der Waals surface area contributed by atoms with Crippen molar-refractivity contribution in [3.63, 3.8) is 0 Å². The molecule has 2 aromatic rings. The molecule has 1 aliphatic rings. The summed E-state index contributed by atoms with van der Waals surface area (Å²) in [5, 5.41) is 8.37. The van der Waals surface area contributed by atoms with E-state index in [-0.39, 0.29) is 10.6 Å². The minimum Gasteiger partial charge on any atom is -0.396 e. The van der Waals surface area contributed by atoms with Crippen molar-refractivity contribution in [2.75, 3.05) is 17.6 Å². The molecule has 1 atom stereocenters. The third-order valence-corrected chi connectivity index (χ3v) is 4.84. The molecule has 0 saturated carbocycles. The van der Waals surface area contributed by atoms with Gasteiger partial charge in [-0.15, -0.1) is 0 Å². The minimum atomic E-state index is -3.80. The molecule has 5 nitrogen and oxygen atoms in total. The van der Waals surface area contributed by atoms with Crippen molar-refractivity contribution in [3.8, 4) is 0 Å². The topological polar surface area (TPSA) is 98.2 Å². The molecule has 5 N–H and O–H groups in total. The summed E-state index contributed by atoms with van der Waals surface area (Å²) in [5.41, 5.74) is 9.37. The van der Waals surface area contributed by atoms with Crippen molar-refractivity contribution in [2.45, 2.75) is 17.2 Å². The van der Waals surface area contributed by atoms with Gasteiger partial charge in [-0.25, -0.2) is 13.6 Å². The first kappa shape index (κ1) is 13.9. The largest absolute Gasteiger partial charge is 0.396 e. The predicted octanol–water partition coefficient (Wildman–Crippen LogP) is 1.67. The molecule has 110 valence electrons. The number of primary sulfonamides is 1. The summed E-state index contributed by atoms with van der Waals surface area (Å²) < 4.78 is 22.9. The average molecular weight is 303 g/mol. The molecule has 0 amide bonds. The Balaban J connectivity index is 1.76. The Morgan fingerprint density at radius 3 is 2.62 bits per heavy atom. The van der Waals surface area contributed by atoms with Crippen molar-refractivity contribution >= 4 is 21.4 Å². The molecular formula is C15H17N3O2S. The van der Waals surface area contributed by atoms with Gasteiger partial charge in [-0.2, -0.15) is 0 Å². The number of benzene rings is 2. The number of sulfonamides is 1. The number of hydrogen-bond acceptors (Lipinski definition) is 4. The maximum absolute atomic E-state index is 11.4. The van der Waals surface area contributed by atoms with Gasteiger partial charge in [0, 0.05) is 12.5 Å². The molecule has 0 radical (unpaired) electrons. The van der Waals surface area contributed by atoms with Gasteiger partial charge in [0.1, 0.15) is 4.90 Å². The van der Waals surface area contributed by atoms with Crippen LogP contribution in [0.25, 0.3) is 0 Å². The summed E-state index contributed by atoms with van der Waals surface area (Å²) >= 11 is 0. The first-order chi connectivity index (χ1) is 9.97. The zero-order valence-corrected chi connectivity index (χ0v) is 12.2. The lowest BCUT2D eigenvalue weighted by Crippen LogP contribution is -2.24. The van der Waals surface area contributed by atoms with Crippen LogP contribution in [0.2, 0.25) is 0 Å². The van der Waals surface area contributed by atoms with Gasteiger partial charge in [-0.1, -0.05) is 30.3 Å². The molecule has 2 aromatic carbocycles. The Kier molecular flexibility index (Phi) is 3.35. The lowest BCUT2D eigenvalue weighted by atomic mass is 9.77.